The molecule has 0 aliphatic heterocycles. The fourth-order valence-corrected chi connectivity index (χ4v) is 11.6. The van der Waals surface area contributed by atoms with Crippen LogP contribution in [0.3, 0.4) is 0 Å². The predicted molar refractivity (Wildman–Crippen MR) is 169 cm³/mol. The van der Waals surface area contributed by atoms with E-state index in [1.54, 1.807) is 0 Å². The summed E-state index contributed by atoms with van der Waals surface area (Å²) in [4.78, 5) is 13.0. The van der Waals surface area contributed by atoms with Crippen molar-refractivity contribution in [3.63, 3.8) is 0 Å². The highest BCUT2D eigenvalue weighted by atomic mass is 28.4. The molecule has 220 valence electrons. The first-order chi connectivity index (χ1) is 19.7. The van der Waals surface area contributed by atoms with Crippen LogP contribution in [0, 0.1) is 11.8 Å². The van der Waals surface area contributed by atoms with Crippen molar-refractivity contribution in [1.29, 1.82) is 0 Å². The maximum atomic E-state index is 13.0. The minimum absolute atomic E-state index is 0.0285. The van der Waals surface area contributed by atoms with Crippen molar-refractivity contribution in [2.45, 2.75) is 77.0 Å². The third-order valence-electron chi connectivity index (χ3n) is 8.96. The summed E-state index contributed by atoms with van der Waals surface area (Å²) in [5, 5.41) is 15.7. The number of aliphatic hydroxyl groups excluding tert-OH is 1. The zero-order valence-corrected chi connectivity index (χ0v) is 26.1. The summed E-state index contributed by atoms with van der Waals surface area (Å²) in [5.74, 6) is 0.540. The van der Waals surface area contributed by atoms with Crippen molar-refractivity contribution in [3.05, 3.63) is 96.6 Å². The number of carbonyl (C=O) groups is 1. The van der Waals surface area contributed by atoms with E-state index in [0.717, 1.165) is 31.2 Å². The number of hydrogen-bond donors (Lipinski definition) is 2. The third kappa shape index (κ3) is 7.11. The Labute approximate surface area is 247 Å². The fourth-order valence-electron chi connectivity index (χ4n) is 6.98. The average Bonchev–Trinajstić information content (AvgIpc) is 3.38. The zero-order chi connectivity index (χ0) is 29.3. The molecule has 41 heavy (non-hydrogen) atoms. The second kappa shape index (κ2) is 13.8. The third-order valence-corrected chi connectivity index (χ3v) is 14.0. The van der Waals surface area contributed by atoms with Gasteiger partial charge < -0.3 is 19.6 Å². The molecule has 5 nitrogen and oxygen atoms in total. The van der Waals surface area contributed by atoms with E-state index in [2.05, 4.69) is 93.7 Å². The number of ether oxygens (including phenoxy) is 1. The second-order valence-corrected chi connectivity index (χ2v) is 16.9. The Balaban J connectivity index is 1.49. The molecule has 2 N–H and O–H groups in total. The molecule has 0 unspecified atom stereocenters. The van der Waals surface area contributed by atoms with E-state index in [-0.39, 0.29) is 24.2 Å². The molecule has 0 spiro atoms. The Bertz CT molecular complexity index is 1180. The topological polar surface area (TPSA) is 67.8 Å². The van der Waals surface area contributed by atoms with Gasteiger partial charge in [0, 0.05) is 18.8 Å². The molecule has 1 fully saturated rings. The summed E-state index contributed by atoms with van der Waals surface area (Å²) in [6, 6.07) is 31.2. The number of benzene rings is 3. The van der Waals surface area contributed by atoms with Crippen LogP contribution in [-0.4, -0.2) is 38.3 Å². The lowest BCUT2D eigenvalue weighted by Crippen LogP contribution is -2.66. The smallest absolute Gasteiger partial charge is 0.407 e. The Morgan fingerprint density at radius 2 is 1.54 bits per heavy atom. The predicted octanol–water partition coefficient (Wildman–Crippen LogP) is 6.44. The fraction of sp³-hybridized carbons (Fsp3) is 0.457. The number of amides is 1. The van der Waals surface area contributed by atoms with Crippen LogP contribution >= 0.6 is 0 Å². The Morgan fingerprint density at radius 1 is 0.976 bits per heavy atom. The molecule has 1 aliphatic rings. The van der Waals surface area contributed by atoms with Gasteiger partial charge in [0.1, 0.15) is 6.61 Å². The zero-order valence-electron chi connectivity index (χ0n) is 25.1. The number of aliphatic hydroxyl groups is 1. The number of nitrogens with one attached hydrogen (secondary N) is 1. The lowest BCUT2D eigenvalue weighted by molar-refractivity contribution is 0.0918. The molecule has 0 bridgehead atoms. The lowest BCUT2D eigenvalue weighted by atomic mass is 9.76. The van der Waals surface area contributed by atoms with Crippen LogP contribution in [0.4, 0.5) is 4.79 Å². The van der Waals surface area contributed by atoms with Gasteiger partial charge in [0.2, 0.25) is 0 Å². The quantitative estimate of drug-likeness (QED) is 0.245. The van der Waals surface area contributed by atoms with Gasteiger partial charge in [-0.15, -0.1) is 0 Å². The molecule has 6 heteroatoms. The summed E-state index contributed by atoms with van der Waals surface area (Å²) in [7, 11) is -2.61. The largest absolute Gasteiger partial charge is 0.445 e. The van der Waals surface area contributed by atoms with E-state index < -0.39 is 19.9 Å². The van der Waals surface area contributed by atoms with Gasteiger partial charge in [0.25, 0.3) is 8.32 Å². The highest BCUT2D eigenvalue weighted by molar-refractivity contribution is 6.99. The molecule has 0 aromatic heterocycles. The summed E-state index contributed by atoms with van der Waals surface area (Å²) in [6.07, 6.45) is 3.87. The molecular weight excluding hydrogens is 526 g/mol. The van der Waals surface area contributed by atoms with Gasteiger partial charge in [-0.2, -0.15) is 0 Å². The van der Waals surface area contributed by atoms with Crippen LogP contribution in [0.1, 0.15) is 65.4 Å². The molecule has 4 rings (SSSR count). The van der Waals surface area contributed by atoms with Gasteiger partial charge in [0.05, 0.1) is 0 Å². The van der Waals surface area contributed by atoms with Gasteiger partial charge in [-0.1, -0.05) is 125 Å². The van der Waals surface area contributed by atoms with Crippen molar-refractivity contribution in [2.24, 2.45) is 11.8 Å². The molecule has 3 atom stereocenters. The maximum Gasteiger partial charge on any atom is 0.407 e. The van der Waals surface area contributed by atoms with Crippen LogP contribution in [0.15, 0.2) is 91.0 Å². The molecule has 3 aromatic rings. The van der Waals surface area contributed by atoms with E-state index in [0.29, 0.717) is 18.9 Å². The SMILES string of the molecule is C[C@@H](CCO[Si](c1ccccc1)(c1ccccc1)C(C)(C)C)[C@H]1CCC[C@@]1(CCO)NC(=O)OCc1ccccc1. The number of carbonyl (C=O) groups excluding carboxylic acids is 1. The molecule has 3 aromatic carbocycles. The Morgan fingerprint density at radius 3 is 2.07 bits per heavy atom. The van der Waals surface area contributed by atoms with Crippen LogP contribution < -0.4 is 15.7 Å². The van der Waals surface area contributed by atoms with Gasteiger partial charge >= 0.3 is 6.09 Å². The van der Waals surface area contributed by atoms with E-state index >= 15 is 0 Å². The number of rotatable bonds is 12. The monoisotopic (exact) mass is 573 g/mol. The molecule has 1 saturated carbocycles. The highest BCUT2D eigenvalue weighted by Gasteiger charge is 2.51. The van der Waals surface area contributed by atoms with Crippen LogP contribution in [0.5, 0.6) is 0 Å². The average molecular weight is 574 g/mol. The van der Waals surface area contributed by atoms with Gasteiger partial charge in [-0.05, 0) is 58.5 Å². The minimum Gasteiger partial charge on any atom is -0.445 e. The van der Waals surface area contributed by atoms with Crippen LogP contribution in [0.2, 0.25) is 5.04 Å². The first-order valence-electron chi connectivity index (χ1n) is 15.1. The van der Waals surface area contributed by atoms with Gasteiger partial charge in [0.15, 0.2) is 0 Å². The Kier molecular flexibility index (Phi) is 10.5. The summed E-state index contributed by atoms with van der Waals surface area (Å²) in [6.45, 7) is 10.1. The molecule has 0 saturated heterocycles. The van der Waals surface area contributed by atoms with E-state index in [1.807, 2.05) is 30.3 Å². The van der Waals surface area contributed by atoms with Crippen LogP contribution in [0.25, 0.3) is 0 Å². The van der Waals surface area contributed by atoms with Gasteiger partial charge in [-0.25, -0.2) is 4.79 Å². The van der Waals surface area contributed by atoms with E-state index in [4.69, 9.17) is 9.16 Å². The van der Waals surface area contributed by atoms with Crippen molar-refractivity contribution in [3.8, 4) is 0 Å². The molecule has 0 heterocycles. The summed E-state index contributed by atoms with van der Waals surface area (Å²) < 4.78 is 12.8. The summed E-state index contributed by atoms with van der Waals surface area (Å²) in [5.41, 5.74) is 0.481. The minimum atomic E-state index is -2.61. The van der Waals surface area contributed by atoms with Crippen LogP contribution in [-0.2, 0) is 15.8 Å². The molecule has 1 aliphatic carbocycles. The molecule has 1 amide bonds. The molecular formula is C35H47NO4Si. The van der Waals surface area contributed by atoms with E-state index in [9.17, 15) is 9.90 Å². The summed E-state index contributed by atoms with van der Waals surface area (Å²) >= 11 is 0. The van der Waals surface area contributed by atoms with Gasteiger partial charge in [-0.3, -0.25) is 0 Å². The van der Waals surface area contributed by atoms with Crippen molar-refractivity contribution >= 4 is 24.8 Å². The van der Waals surface area contributed by atoms with E-state index in [1.165, 1.54) is 10.4 Å². The first-order valence-corrected chi connectivity index (χ1v) is 17.0. The lowest BCUT2D eigenvalue weighted by Gasteiger charge is -2.44. The Hall–Kier alpha value is -2.93. The second-order valence-electron chi connectivity index (χ2n) is 12.6. The van der Waals surface area contributed by atoms with Crippen molar-refractivity contribution < 1.29 is 19.1 Å². The number of alkyl carbamates (subject to hydrolysis) is 1. The highest BCUT2D eigenvalue weighted by Crippen LogP contribution is 2.44. The van der Waals surface area contributed by atoms with Crippen molar-refractivity contribution in [1.82, 2.24) is 5.32 Å². The maximum absolute atomic E-state index is 13.0. The molecule has 0 radical (unpaired) electrons. The van der Waals surface area contributed by atoms with Crippen molar-refractivity contribution in [2.75, 3.05) is 13.2 Å². The first kappa shape index (κ1) is 31.0. The standard InChI is InChI=1S/C35H47NO4Si/c1-28(32-21-14-23-35(32,24-25-37)36-33(38)39-27-29-15-8-5-9-16-29)22-26-40-41(34(2,3)4,30-17-10-6-11-18-30)31-19-12-7-13-20-31/h5-13,15-20,28,32,37H,14,21-27H2,1-4H3,(H,36,38)/t28-,32+,35-/m0/s1. The number of hydrogen-bond acceptors (Lipinski definition) is 4. The normalized spacial score (nSPS) is 20.0.